The second kappa shape index (κ2) is 12.9. The number of nitrogens with zero attached hydrogens (tertiary/aromatic N) is 2. The molecular weight excluding hydrogens is 576 g/mol. The molecule has 1 saturated carbocycles. The number of pyridine rings is 1. The normalized spacial score (nSPS) is 14.2. The average Bonchev–Trinajstić information content (AvgIpc) is 3.82. The lowest BCUT2D eigenvalue weighted by atomic mass is 9.95. The number of fused-ring (bicyclic) bond motifs is 1. The molecule has 2 heterocycles. The Hall–Kier alpha value is -4.72. The van der Waals surface area contributed by atoms with Crippen LogP contribution in [0.5, 0.6) is 0 Å². The van der Waals surface area contributed by atoms with E-state index in [0.29, 0.717) is 11.1 Å². The van der Waals surface area contributed by atoms with Crippen LogP contribution in [-0.4, -0.2) is 35.6 Å². The van der Waals surface area contributed by atoms with E-state index in [4.69, 9.17) is 4.42 Å². The van der Waals surface area contributed by atoms with Gasteiger partial charge >= 0.3 is 6.18 Å². The van der Waals surface area contributed by atoms with Gasteiger partial charge in [-0.25, -0.2) is 9.37 Å². The summed E-state index contributed by atoms with van der Waals surface area (Å²) in [5, 5.41) is 15.2. The lowest BCUT2D eigenvalue weighted by molar-refractivity contribution is -0.134. The van der Waals surface area contributed by atoms with Gasteiger partial charge in [-0.15, -0.1) is 0 Å². The second-order valence-electron chi connectivity index (χ2n) is 10.5. The van der Waals surface area contributed by atoms with Crippen LogP contribution in [0.1, 0.15) is 66.4 Å². The van der Waals surface area contributed by atoms with Crippen molar-refractivity contribution in [2.45, 2.75) is 58.2 Å². The Balaban J connectivity index is 0.00000216. The first-order valence-corrected chi connectivity index (χ1v) is 14.3. The smallest absolute Gasteiger partial charge is 0.389 e. The largest absolute Gasteiger partial charge is 0.437 e. The molecule has 0 radical (unpaired) electrons. The van der Waals surface area contributed by atoms with Gasteiger partial charge in [0.15, 0.2) is 0 Å². The van der Waals surface area contributed by atoms with E-state index in [1.54, 1.807) is 25.1 Å². The Morgan fingerprint density at radius 1 is 1.05 bits per heavy atom. The number of nitriles is 1. The van der Waals surface area contributed by atoms with Crippen LogP contribution < -0.4 is 10.6 Å². The van der Waals surface area contributed by atoms with Crippen molar-refractivity contribution in [3.05, 3.63) is 77.2 Å². The number of alkyl halides is 3. The van der Waals surface area contributed by atoms with Crippen LogP contribution in [0.4, 0.5) is 17.6 Å². The van der Waals surface area contributed by atoms with Crippen LogP contribution in [-0.2, 0) is 6.42 Å². The molecule has 44 heavy (non-hydrogen) atoms. The fourth-order valence-electron chi connectivity index (χ4n) is 4.93. The van der Waals surface area contributed by atoms with Crippen LogP contribution >= 0.6 is 0 Å². The number of hydrogen-bond donors (Lipinski definition) is 2. The fourth-order valence-corrected chi connectivity index (χ4v) is 4.93. The van der Waals surface area contributed by atoms with E-state index in [0.717, 1.165) is 12.8 Å². The summed E-state index contributed by atoms with van der Waals surface area (Å²) >= 11 is 0. The van der Waals surface area contributed by atoms with Gasteiger partial charge in [-0.2, -0.15) is 18.4 Å². The van der Waals surface area contributed by atoms with Crippen molar-refractivity contribution in [1.29, 1.82) is 5.26 Å². The summed E-state index contributed by atoms with van der Waals surface area (Å²) in [6.45, 7) is 5.66. The van der Waals surface area contributed by atoms with E-state index in [9.17, 15) is 32.4 Å². The number of amides is 2. The van der Waals surface area contributed by atoms with Gasteiger partial charge in [0.1, 0.15) is 17.1 Å². The summed E-state index contributed by atoms with van der Waals surface area (Å²) in [7, 11) is 1.42. The van der Waals surface area contributed by atoms with Crippen molar-refractivity contribution in [3.8, 4) is 28.5 Å². The quantitative estimate of drug-likeness (QED) is 0.200. The predicted molar refractivity (Wildman–Crippen MR) is 158 cm³/mol. The molecule has 4 aromatic rings. The Labute approximate surface area is 252 Å². The van der Waals surface area contributed by atoms with E-state index in [-0.39, 0.29) is 45.2 Å². The molecule has 1 fully saturated rings. The molecule has 0 saturated heterocycles. The third-order valence-corrected chi connectivity index (χ3v) is 7.40. The first-order valence-electron chi connectivity index (χ1n) is 14.3. The molecule has 0 spiro atoms. The maximum Gasteiger partial charge on any atom is 0.389 e. The van der Waals surface area contributed by atoms with Crippen molar-refractivity contribution in [2.24, 2.45) is 5.92 Å². The molecule has 5 rings (SSSR count). The Bertz CT molecular complexity index is 1720. The lowest BCUT2D eigenvalue weighted by Crippen LogP contribution is -2.46. The van der Waals surface area contributed by atoms with E-state index in [1.807, 2.05) is 13.8 Å². The molecule has 2 aromatic heterocycles. The van der Waals surface area contributed by atoms with Crippen molar-refractivity contribution < 1.29 is 31.6 Å². The average molecular weight is 609 g/mol. The van der Waals surface area contributed by atoms with Gasteiger partial charge < -0.3 is 15.1 Å². The highest BCUT2D eigenvalue weighted by molar-refractivity contribution is 6.11. The van der Waals surface area contributed by atoms with Gasteiger partial charge in [-0.05, 0) is 80.1 Å². The van der Waals surface area contributed by atoms with Crippen molar-refractivity contribution in [2.75, 3.05) is 7.05 Å². The highest BCUT2D eigenvalue weighted by Gasteiger charge is 2.43. The molecule has 1 aliphatic carbocycles. The fraction of sp³-hybridized carbons (Fsp3) is 0.333. The summed E-state index contributed by atoms with van der Waals surface area (Å²) in [6, 6.07) is 15.2. The van der Waals surface area contributed by atoms with E-state index < -0.39 is 42.2 Å². The van der Waals surface area contributed by atoms with Gasteiger partial charge in [0.25, 0.3) is 11.8 Å². The highest BCUT2D eigenvalue weighted by Crippen LogP contribution is 2.40. The van der Waals surface area contributed by atoms with Crippen LogP contribution in [0.25, 0.3) is 33.6 Å². The van der Waals surface area contributed by atoms with Crippen LogP contribution in [0.3, 0.4) is 0 Å². The molecule has 2 N–H and O–H groups in total. The number of nitrogens with one attached hydrogen (secondary N) is 2. The van der Waals surface area contributed by atoms with Crippen molar-refractivity contribution in [1.82, 2.24) is 15.6 Å². The number of hydrogen-bond acceptors (Lipinski definition) is 5. The Morgan fingerprint density at radius 2 is 1.73 bits per heavy atom. The molecule has 11 heteroatoms. The Kier molecular flexibility index (Phi) is 9.42. The second-order valence-corrected chi connectivity index (χ2v) is 10.5. The zero-order chi connectivity index (χ0) is 32.2. The van der Waals surface area contributed by atoms with Gasteiger partial charge in [0.05, 0.1) is 22.7 Å². The third-order valence-electron chi connectivity index (χ3n) is 7.40. The first kappa shape index (κ1) is 32.2. The van der Waals surface area contributed by atoms with Gasteiger partial charge in [0, 0.05) is 30.2 Å². The number of aromatic nitrogens is 1. The maximum atomic E-state index is 13.6. The molecule has 1 atom stereocenters. The zero-order valence-electron chi connectivity index (χ0n) is 24.7. The van der Waals surface area contributed by atoms with E-state index in [1.165, 1.54) is 43.4 Å². The van der Waals surface area contributed by atoms with Crippen LogP contribution in [0.2, 0.25) is 0 Å². The first-order chi connectivity index (χ1) is 20.9. The molecule has 230 valence electrons. The molecule has 0 bridgehead atoms. The zero-order valence-corrected chi connectivity index (χ0v) is 24.7. The van der Waals surface area contributed by atoms with Crippen LogP contribution in [0.15, 0.2) is 59.0 Å². The maximum absolute atomic E-state index is 13.6. The van der Waals surface area contributed by atoms with E-state index in [2.05, 4.69) is 21.7 Å². The number of rotatable bonds is 8. The summed E-state index contributed by atoms with van der Waals surface area (Å²) in [6.07, 6.45) is -4.45. The summed E-state index contributed by atoms with van der Waals surface area (Å²) < 4.78 is 59.3. The van der Waals surface area contributed by atoms with Crippen molar-refractivity contribution >= 4 is 22.9 Å². The number of halogens is 4. The minimum absolute atomic E-state index is 0.0507. The van der Waals surface area contributed by atoms with Crippen molar-refractivity contribution in [3.63, 3.8) is 0 Å². The highest BCUT2D eigenvalue weighted by atomic mass is 19.4. The number of carbonyl (C=O) groups is 2. The number of carbonyl (C=O) groups excluding carboxylic acids is 2. The summed E-state index contributed by atoms with van der Waals surface area (Å²) in [5.41, 5.74) is 0.301. The molecular formula is C33H32F4N4O3. The van der Waals surface area contributed by atoms with Gasteiger partial charge in [0.2, 0.25) is 5.71 Å². The van der Waals surface area contributed by atoms with Crippen LogP contribution in [0, 0.1) is 23.1 Å². The molecule has 7 nitrogen and oxygen atoms in total. The topological polar surface area (TPSA) is 108 Å². The molecule has 2 aromatic carbocycles. The predicted octanol–water partition coefficient (Wildman–Crippen LogP) is 7.60. The molecule has 1 unspecified atom stereocenters. The molecule has 2 amide bonds. The summed E-state index contributed by atoms with van der Waals surface area (Å²) in [5.74, 6) is -1.39. The number of aryl methyl sites for hydroxylation is 1. The number of furan rings is 1. The van der Waals surface area contributed by atoms with E-state index >= 15 is 0 Å². The summed E-state index contributed by atoms with van der Waals surface area (Å²) in [4.78, 5) is 30.5. The minimum Gasteiger partial charge on any atom is -0.437 e. The lowest BCUT2D eigenvalue weighted by Gasteiger charge is -2.23. The minimum atomic E-state index is -4.46. The monoisotopic (exact) mass is 608 g/mol. The van der Waals surface area contributed by atoms with Gasteiger partial charge in [-0.3, -0.25) is 9.59 Å². The Morgan fingerprint density at radius 3 is 2.32 bits per heavy atom. The molecule has 0 aliphatic heterocycles. The standard InChI is InChI=1S/C31H26F4N4O3.C2H6/c1-30(16-36,20-8-9-20)39-27(40)19-5-3-4-18(14-19)22-15-23-25(28(41)37-2)26(17-6-10-21(32)11-7-17)42-29(23)38-24(22)12-13-31(33,34)35;1-2/h3-7,10-11,14-15,20H,8-9,12-13H2,1-2H3,(H,37,41)(H,39,40);1-2H3. The number of benzene rings is 2. The SMILES string of the molecule is CC.CNC(=O)c1c(-c2ccc(F)cc2)oc2nc(CCC(F)(F)F)c(-c3cccc(C(=O)NC(C)(C#N)C4CC4)c3)cc12. The third kappa shape index (κ3) is 6.91. The van der Waals surface area contributed by atoms with Gasteiger partial charge in [-0.1, -0.05) is 26.0 Å². The molecule has 1 aliphatic rings.